The number of aromatic nitrogens is 3. The van der Waals surface area contributed by atoms with E-state index in [0.717, 1.165) is 37.2 Å². The van der Waals surface area contributed by atoms with Crippen LogP contribution in [-0.4, -0.2) is 44.4 Å². The molecular formula is C24H24FN5O. The van der Waals surface area contributed by atoms with Crippen LogP contribution >= 0.6 is 0 Å². The summed E-state index contributed by atoms with van der Waals surface area (Å²) in [6.45, 7) is 2.73. The molecule has 1 aliphatic carbocycles. The Morgan fingerprint density at radius 3 is 2.71 bits per heavy atom. The van der Waals surface area contributed by atoms with Crippen LogP contribution < -0.4 is 5.32 Å². The molecule has 2 saturated heterocycles. The Labute approximate surface area is 180 Å². The molecule has 1 N–H and O–H groups in total. The number of pyridine rings is 1. The second kappa shape index (κ2) is 8.06. The van der Waals surface area contributed by atoms with Crippen molar-refractivity contribution in [2.24, 2.45) is 5.92 Å². The van der Waals surface area contributed by atoms with Gasteiger partial charge in [0.05, 0.1) is 11.6 Å². The molecule has 0 radical (unpaired) electrons. The second-order valence-corrected chi connectivity index (χ2v) is 8.44. The van der Waals surface area contributed by atoms with E-state index < -0.39 is 5.82 Å². The molecule has 2 aliphatic heterocycles. The van der Waals surface area contributed by atoms with Gasteiger partial charge in [0.1, 0.15) is 11.6 Å². The van der Waals surface area contributed by atoms with Crippen LogP contribution in [0.25, 0.3) is 11.4 Å². The molecule has 1 saturated carbocycles. The van der Waals surface area contributed by atoms with Crippen LogP contribution in [0.15, 0.2) is 55.0 Å². The molecule has 3 aromatic rings. The highest BCUT2D eigenvalue weighted by molar-refractivity contribution is 6.00. The molecule has 1 amide bonds. The first-order valence-electron chi connectivity index (χ1n) is 10.7. The minimum Gasteiger partial charge on any atom is -0.365 e. The molecule has 6 nitrogen and oxygen atoms in total. The van der Waals surface area contributed by atoms with Gasteiger partial charge in [-0.2, -0.15) is 0 Å². The lowest BCUT2D eigenvalue weighted by molar-refractivity contribution is 0.0282. The maximum absolute atomic E-state index is 14.0. The fourth-order valence-corrected chi connectivity index (χ4v) is 4.81. The van der Waals surface area contributed by atoms with Crippen molar-refractivity contribution in [3.8, 4) is 11.4 Å². The molecule has 1 aromatic carbocycles. The number of carbonyl (C=O) groups excluding carboxylic acids is 1. The number of halogens is 1. The lowest BCUT2D eigenvalue weighted by atomic mass is 9.76. The topological polar surface area (TPSA) is 71.0 Å². The van der Waals surface area contributed by atoms with E-state index in [1.165, 1.54) is 12.1 Å². The normalized spacial score (nSPS) is 22.4. The summed E-state index contributed by atoms with van der Waals surface area (Å²) in [6.07, 6.45) is 8.11. The number of benzene rings is 1. The van der Waals surface area contributed by atoms with Crippen LogP contribution in [0.5, 0.6) is 0 Å². The van der Waals surface area contributed by atoms with E-state index in [9.17, 15) is 9.18 Å². The molecule has 4 heterocycles. The van der Waals surface area contributed by atoms with Gasteiger partial charge < -0.3 is 10.2 Å². The first-order chi connectivity index (χ1) is 15.1. The fraction of sp³-hybridized carbons (Fsp3) is 0.333. The number of aryl methyl sites for hydroxylation is 1. The molecule has 2 bridgehead atoms. The smallest absolute Gasteiger partial charge is 0.254 e. The maximum Gasteiger partial charge on any atom is 0.254 e. The number of rotatable bonds is 4. The van der Waals surface area contributed by atoms with Gasteiger partial charge in [-0.05, 0) is 68.0 Å². The highest BCUT2D eigenvalue weighted by Crippen LogP contribution is 2.38. The summed E-state index contributed by atoms with van der Waals surface area (Å²) in [4.78, 5) is 28.5. The van der Waals surface area contributed by atoms with E-state index in [2.05, 4.69) is 20.3 Å². The summed E-state index contributed by atoms with van der Waals surface area (Å²) in [7, 11) is 0. The lowest BCUT2D eigenvalue weighted by Gasteiger charge is -2.50. The van der Waals surface area contributed by atoms with Crippen molar-refractivity contribution in [3.05, 3.63) is 71.9 Å². The Balaban J connectivity index is 1.44. The third-order valence-corrected chi connectivity index (χ3v) is 6.30. The molecule has 3 fully saturated rings. The molecular weight excluding hydrogens is 393 g/mol. The van der Waals surface area contributed by atoms with Crippen molar-refractivity contribution in [2.45, 2.75) is 38.3 Å². The molecule has 7 heteroatoms. The summed E-state index contributed by atoms with van der Waals surface area (Å²) in [5.74, 6) is 1.11. The zero-order valence-corrected chi connectivity index (χ0v) is 17.3. The van der Waals surface area contributed by atoms with Crippen molar-refractivity contribution < 1.29 is 9.18 Å². The molecule has 2 aromatic heterocycles. The van der Waals surface area contributed by atoms with E-state index in [4.69, 9.17) is 0 Å². The average Bonchev–Trinajstić information content (AvgIpc) is 2.81. The molecule has 3 atom stereocenters. The van der Waals surface area contributed by atoms with Crippen LogP contribution in [0.3, 0.4) is 0 Å². The van der Waals surface area contributed by atoms with E-state index >= 15 is 0 Å². The lowest BCUT2D eigenvalue weighted by Crippen LogP contribution is -2.59. The van der Waals surface area contributed by atoms with E-state index in [1.807, 2.05) is 30.2 Å². The van der Waals surface area contributed by atoms with Gasteiger partial charge in [0.15, 0.2) is 5.82 Å². The first-order valence-corrected chi connectivity index (χ1v) is 10.7. The molecule has 31 heavy (non-hydrogen) atoms. The Morgan fingerprint density at radius 1 is 1.13 bits per heavy atom. The number of carbonyl (C=O) groups is 1. The van der Waals surface area contributed by atoms with Crippen molar-refractivity contribution in [2.75, 3.05) is 11.9 Å². The van der Waals surface area contributed by atoms with Gasteiger partial charge in [-0.15, -0.1) is 0 Å². The predicted octanol–water partition coefficient (Wildman–Crippen LogP) is 4.09. The average molecular weight is 417 g/mol. The Kier molecular flexibility index (Phi) is 5.10. The summed E-state index contributed by atoms with van der Waals surface area (Å²) in [6, 6.07) is 10.1. The van der Waals surface area contributed by atoms with Crippen LogP contribution in [0.4, 0.5) is 10.2 Å². The van der Waals surface area contributed by atoms with Crippen LogP contribution in [-0.2, 0) is 0 Å². The molecule has 0 spiro atoms. The number of fused-ring (bicyclic) bond motifs is 3. The third-order valence-electron chi connectivity index (χ3n) is 6.30. The van der Waals surface area contributed by atoms with E-state index in [0.29, 0.717) is 22.9 Å². The molecule has 3 unspecified atom stereocenters. The number of nitrogens with one attached hydrogen (secondary N) is 1. The van der Waals surface area contributed by atoms with Gasteiger partial charge in [0.25, 0.3) is 5.91 Å². The summed E-state index contributed by atoms with van der Waals surface area (Å²) in [5, 5.41) is 3.54. The van der Waals surface area contributed by atoms with Crippen LogP contribution in [0.2, 0.25) is 0 Å². The fourth-order valence-electron chi connectivity index (χ4n) is 4.81. The number of anilines is 1. The number of nitrogens with zero attached hydrogens (tertiary/aromatic N) is 4. The SMILES string of the molecule is Cc1ccc(NC2CC3CCC2N(C(=O)c2ccc(F)cc2-c2ncccn2)C3)nc1. The minimum absolute atomic E-state index is 0.0650. The predicted molar refractivity (Wildman–Crippen MR) is 116 cm³/mol. The Morgan fingerprint density at radius 2 is 1.97 bits per heavy atom. The highest BCUT2D eigenvalue weighted by Gasteiger charge is 2.43. The molecule has 6 rings (SSSR count). The monoisotopic (exact) mass is 417 g/mol. The van der Waals surface area contributed by atoms with Gasteiger partial charge >= 0.3 is 0 Å². The van der Waals surface area contributed by atoms with Crippen molar-refractivity contribution in [1.82, 2.24) is 19.9 Å². The van der Waals surface area contributed by atoms with Crippen molar-refractivity contribution >= 4 is 11.7 Å². The summed E-state index contributed by atoms with van der Waals surface area (Å²) >= 11 is 0. The van der Waals surface area contributed by atoms with E-state index in [1.54, 1.807) is 24.5 Å². The van der Waals surface area contributed by atoms with Crippen LogP contribution in [0.1, 0.15) is 35.2 Å². The number of hydrogen-bond donors (Lipinski definition) is 1. The number of piperidine rings is 2. The zero-order chi connectivity index (χ0) is 21.4. The standard InChI is InChI=1S/C24H24FN5O/c1-15-3-8-22(28-13-15)29-20-11-16-4-7-21(20)30(14-16)24(31)18-6-5-17(25)12-19(18)23-26-9-2-10-27-23/h2-3,5-6,8-10,12-13,16,20-21H,4,7,11,14H2,1H3,(H,28,29). The number of amides is 1. The molecule has 3 aliphatic rings. The minimum atomic E-state index is -0.413. The Hall–Kier alpha value is -3.35. The van der Waals surface area contributed by atoms with Crippen LogP contribution in [0, 0.1) is 18.7 Å². The quantitative estimate of drug-likeness (QED) is 0.692. The molecule has 158 valence electrons. The van der Waals surface area contributed by atoms with Crippen molar-refractivity contribution in [1.29, 1.82) is 0 Å². The van der Waals surface area contributed by atoms with Gasteiger partial charge in [-0.3, -0.25) is 4.79 Å². The summed E-state index contributed by atoms with van der Waals surface area (Å²) in [5.41, 5.74) is 1.98. The first kappa shape index (κ1) is 19.6. The van der Waals surface area contributed by atoms with Gasteiger partial charge in [0, 0.05) is 36.7 Å². The number of hydrogen-bond acceptors (Lipinski definition) is 5. The third kappa shape index (κ3) is 3.87. The van der Waals surface area contributed by atoms with Gasteiger partial charge in [-0.25, -0.2) is 19.3 Å². The van der Waals surface area contributed by atoms with Crippen molar-refractivity contribution in [3.63, 3.8) is 0 Å². The van der Waals surface area contributed by atoms with Gasteiger partial charge in [0.2, 0.25) is 0 Å². The largest absolute Gasteiger partial charge is 0.365 e. The Bertz CT molecular complexity index is 1090. The maximum atomic E-state index is 14.0. The van der Waals surface area contributed by atoms with E-state index in [-0.39, 0.29) is 18.0 Å². The zero-order valence-electron chi connectivity index (χ0n) is 17.3. The second-order valence-electron chi connectivity index (χ2n) is 8.44. The highest BCUT2D eigenvalue weighted by atomic mass is 19.1. The summed E-state index contributed by atoms with van der Waals surface area (Å²) < 4.78 is 14.0. The van der Waals surface area contributed by atoms with Gasteiger partial charge in [-0.1, -0.05) is 6.07 Å².